The highest BCUT2D eigenvalue weighted by Gasteiger charge is 2.32. The van der Waals surface area contributed by atoms with Crippen LogP contribution in [0.4, 0.5) is 4.39 Å². The van der Waals surface area contributed by atoms with Crippen LogP contribution in [0.15, 0.2) is 60.7 Å². The van der Waals surface area contributed by atoms with E-state index >= 15 is 0 Å². The van der Waals surface area contributed by atoms with E-state index in [4.69, 9.17) is 5.11 Å². The van der Waals surface area contributed by atoms with Gasteiger partial charge in [0.15, 0.2) is 16.7 Å². The molecule has 198 valence electrons. The van der Waals surface area contributed by atoms with E-state index in [1.54, 1.807) is 23.1 Å². The van der Waals surface area contributed by atoms with Crippen molar-refractivity contribution in [2.75, 3.05) is 6.54 Å². The number of carbonyl (C=O) groups excluding carboxylic acids is 1. The Bertz CT molecular complexity index is 1680. The molecule has 1 aliphatic rings. The minimum absolute atomic E-state index is 0.0660. The topological polar surface area (TPSA) is 134 Å². The van der Waals surface area contributed by atoms with Gasteiger partial charge in [-0.05, 0) is 61.1 Å². The zero-order valence-corrected chi connectivity index (χ0v) is 21.8. The molecule has 2 aromatic heterocycles. The summed E-state index contributed by atoms with van der Waals surface area (Å²) in [6.07, 6.45) is 0. The van der Waals surface area contributed by atoms with Crippen LogP contribution in [-0.4, -0.2) is 57.7 Å². The molecule has 1 amide bonds. The summed E-state index contributed by atoms with van der Waals surface area (Å²) in [7, 11) is 0. The van der Waals surface area contributed by atoms with Gasteiger partial charge in [0.2, 0.25) is 0 Å². The van der Waals surface area contributed by atoms with Crippen LogP contribution in [0.2, 0.25) is 0 Å². The van der Waals surface area contributed by atoms with Gasteiger partial charge >= 0.3 is 5.97 Å². The van der Waals surface area contributed by atoms with Gasteiger partial charge in [-0.3, -0.25) is 4.79 Å². The standard InChI is InChI=1S/C16H15FN6OS.C11H8O3/c1-9-13-19-20-14(15-18-10(2)21-25-15)23(13)8-7-22(9)16(24)11-3-5-12(17)6-4-11;12-10-8-4-2-1-3-7(8)5-6-9(10)11(13)14/h3-6,9H,7-8H2,1-2H3;1-6,12H,(H,13,14)/t9-;/m1./s1. The van der Waals surface area contributed by atoms with Crippen molar-refractivity contribution in [3.05, 3.63) is 89.3 Å². The van der Waals surface area contributed by atoms with Crippen molar-refractivity contribution in [3.8, 4) is 16.6 Å². The number of hydrogen-bond donors (Lipinski definition) is 2. The second-order valence-electron chi connectivity index (χ2n) is 8.85. The maximum atomic E-state index is 13.1. The number of carbonyl (C=O) groups is 2. The van der Waals surface area contributed by atoms with E-state index in [-0.39, 0.29) is 29.1 Å². The number of aromatic hydroxyl groups is 1. The molecule has 0 saturated carbocycles. The predicted octanol–water partition coefficient (Wildman–Crippen LogP) is 4.70. The van der Waals surface area contributed by atoms with Gasteiger partial charge in [-0.2, -0.15) is 4.37 Å². The molecule has 0 radical (unpaired) electrons. The molecule has 0 aliphatic carbocycles. The van der Waals surface area contributed by atoms with Gasteiger partial charge in [-0.25, -0.2) is 14.2 Å². The molecule has 0 fully saturated rings. The van der Waals surface area contributed by atoms with Crippen LogP contribution in [0, 0.1) is 12.7 Å². The molecule has 2 N–H and O–H groups in total. The number of carboxylic acids is 1. The summed E-state index contributed by atoms with van der Waals surface area (Å²) < 4.78 is 19.2. The number of hydrogen-bond acceptors (Lipinski definition) is 8. The van der Waals surface area contributed by atoms with Crippen molar-refractivity contribution >= 4 is 34.2 Å². The lowest BCUT2D eigenvalue weighted by Gasteiger charge is -2.33. The van der Waals surface area contributed by atoms with E-state index in [0.717, 1.165) is 10.4 Å². The fourth-order valence-electron chi connectivity index (χ4n) is 4.39. The van der Waals surface area contributed by atoms with Gasteiger partial charge in [0, 0.05) is 24.0 Å². The molecule has 1 aliphatic heterocycles. The van der Waals surface area contributed by atoms with Gasteiger partial charge in [0.25, 0.3) is 5.91 Å². The number of phenols is 1. The summed E-state index contributed by atoms with van der Waals surface area (Å²) in [5.41, 5.74) is 0.393. The summed E-state index contributed by atoms with van der Waals surface area (Å²) in [5, 5.41) is 29.0. The first-order chi connectivity index (χ1) is 18.7. The van der Waals surface area contributed by atoms with Crippen LogP contribution in [0.3, 0.4) is 0 Å². The van der Waals surface area contributed by atoms with E-state index in [9.17, 15) is 19.1 Å². The molecule has 0 saturated heterocycles. The third-order valence-corrected chi connectivity index (χ3v) is 7.19. The van der Waals surface area contributed by atoms with Crippen molar-refractivity contribution in [1.29, 1.82) is 0 Å². The first kappa shape index (κ1) is 25.9. The Hall–Kier alpha value is -4.71. The highest BCUT2D eigenvalue weighted by Crippen LogP contribution is 2.30. The molecular weight excluding hydrogens is 523 g/mol. The number of fused-ring (bicyclic) bond motifs is 2. The maximum absolute atomic E-state index is 13.1. The zero-order chi connectivity index (χ0) is 27.7. The molecule has 39 heavy (non-hydrogen) atoms. The van der Waals surface area contributed by atoms with Gasteiger partial charge in [-0.1, -0.05) is 30.3 Å². The Morgan fingerprint density at radius 3 is 2.46 bits per heavy atom. The van der Waals surface area contributed by atoms with Gasteiger partial charge in [0.1, 0.15) is 23.0 Å². The highest BCUT2D eigenvalue weighted by molar-refractivity contribution is 7.09. The Labute approximate surface area is 226 Å². The smallest absolute Gasteiger partial charge is 0.339 e. The largest absolute Gasteiger partial charge is 0.506 e. The second kappa shape index (κ2) is 10.6. The lowest BCUT2D eigenvalue weighted by molar-refractivity contribution is 0.0637. The lowest BCUT2D eigenvalue weighted by Crippen LogP contribution is -2.41. The third kappa shape index (κ3) is 5.06. The van der Waals surface area contributed by atoms with Crippen molar-refractivity contribution in [2.24, 2.45) is 0 Å². The number of amides is 1. The molecular formula is C27H23FN6O4S. The molecule has 6 rings (SSSR count). The Balaban J connectivity index is 0.000000186. The summed E-state index contributed by atoms with van der Waals surface area (Å²) in [6.45, 7) is 4.84. The Morgan fingerprint density at radius 2 is 1.77 bits per heavy atom. The Kier molecular flexibility index (Phi) is 7.03. The van der Waals surface area contributed by atoms with Crippen molar-refractivity contribution in [3.63, 3.8) is 0 Å². The average Bonchev–Trinajstić information content (AvgIpc) is 3.56. The molecule has 10 nitrogen and oxygen atoms in total. The first-order valence-electron chi connectivity index (χ1n) is 12.0. The lowest BCUT2D eigenvalue weighted by atomic mass is 10.1. The molecule has 0 bridgehead atoms. The summed E-state index contributed by atoms with van der Waals surface area (Å²) >= 11 is 1.29. The van der Waals surface area contributed by atoms with Crippen LogP contribution in [0.1, 0.15) is 45.3 Å². The number of carboxylic acid groups (broad SMARTS) is 1. The molecule has 1 atom stereocenters. The van der Waals surface area contributed by atoms with Crippen molar-refractivity contribution in [1.82, 2.24) is 29.0 Å². The summed E-state index contributed by atoms with van der Waals surface area (Å²) in [6, 6.07) is 15.5. The number of aryl methyl sites for hydroxylation is 1. The van der Waals surface area contributed by atoms with E-state index in [1.165, 1.54) is 41.9 Å². The Morgan fingerprint density at radius 1 is 1.03 bits per heavy atom. The van der Waals surface area contributed by atoms with Gasteiger partial charge in [0.05, 0.1) is 6.04 Å². The number of aromatic carboxylic acids is 1. The third-order valence-electron chi connectivity index (χ3n) is 6.39. The quantitative estimate of drug-likeness (QED) is 0.332. The normalized spacial score (nSPS) is 14.4. The monoisotopic (exact) mass is 546 g/mol. The zero-order valence-electron chi connectivity index (χ0n) is 20.9. The number of rotatable bonds is 3. The number of benzene rings is 3. The fourth-order valence-corrected chi connectivity index (χ4v) is 5.06. The molecule has 3 heterocycles. The van der Waals surface area contributed by atoms with E-state index in [2.05, 4.69) is 19.6 Å². The number of nitrogens with zero attached hydrogens (tertiary/aromatic N) is 6. The molecule has 12 heteroatoms. The minimum Gasteiger partial charge on any atom is -0.506 e. The minimum atomic E-state index is -1.12. The first-order valence-corrected chi connectivity index (χ1v) is 12.8. The van der Waals surface area contributed by atoms with Crippen molar-refractivity contribution in [2.45, 2.75) is 26.4 Å². The molecule has 5 aromatic rings. The SMILES string of the molecule is Cc1nsc(-c2nnc3n2CCN(C(=O)c2ccc(F)cc2)[C@@H]3C)n1.O=C(O)c1ccc2ccccc2c1O. The van der Waals surface area contributed by atoms with Crippen LogP contribution < -0.4 is 0 Å². The van der Waals surface area contributed by atoms with E-state index in [0.29, 0.717) is 41.5 Å². The average molecular weight is 547 g/mol. The second-order valence-corrected chi connectivity index (χ2v) is 9.60. The van der Waals surface area contributed by atoms with Crippen LogP contribution in [-0.2, 0) is 6.54 Å². The maximum Gasteiger partial charge on any atom is 0.339 e. The van der Waals surface area contributed by atoms with Crippen LogP contribution >= 0.6 is 11.5 Å². The van der Waals surface area contributed by atoms with Gasteiger partial charge in [-0.15, -0.1) is 10.2 Å². The van der Waals surface area contributed by atoms with Crippen LogP contribution in [0.5, 0.6) is 5.75 Å². The summed E-state index contributed by atoms with van der Waals surface area (Å²) in [4.78, 5) is 29.5. The van der Waals surface area contributed by atoms with E-state index in [1.807, 2.05) is 30.5 Å². The summed E-state index contributed by atoms with van der Waals surface area (Å²) in [5.74, 6) is 0.305. The van der Waals surface area contributed by atoms with Crippen molar-refractivity contribution < 1.29 is 24.2 Å². The highest BCUT2D eigenvalue weighted by atomic mass is 32.1. The molecule has 0 unspecified atom stereocenters. The fraction of sp³-hybridized carbons (Fsp3) is 0.185. The molecule has 0 spiro atoms. The predicted molar refractivity (Wildman–Crippen MR) is 142 cm³/mol. The van der Waals surface area contributed by atoms with E-state index < -0.39 is 5.97 Å². The molecule has 3 aromatic carbocycles. The van der Waals surface area contributed by atoms with Crippen LogP contribution in [0.25, 0.3) is 21.6 Å². The number of halogens is 1. The number of aromatic nitrogens is 5. The van der Waals surface area contributed by atoms with Gasteiger partial charge < -0.3 is 19.7 Å².